The predicted molar refractivity (Wildman–Crippen MR) is 551 cm³/mol. The molecular formula is C112H113N19O6. The van der Waals surface area contributed by atoms with E-state index >= 15 is 0 Å². The van der Waals surface area contributed by atoms with Gasteiger partial charge in [0.05, 0.1) is 62.2 Å². The van der Waals surface area contributed by atoms with E-state index in [-0.39, 0.29) is 33.3 Å². The van der Waals surface area contributed by atoms with E-state index in [0.717, 1.165) is 168 Å². The summed E-state index contributed by atoms with van der Waals surface area (Å²) in [5.41, 5.74) is 25.0. The number of hydrogen-bond acceptors (Lipinski definition) is 19. The van der Waals surface area contributed by atoms with Gasteiger partial charge in [-0.2, -0.15) is 4.98 Å². The molecule has 1 unspecified atom stereocenters. The molecule has 10 aromatic carbocycles. The number of fused-ring (bicyclic) bond motifs is 10. The number of nitrogens with one attached hydrogen (secondary N) is 5. The largest absolute Gasteiger partial charge is 0.349 e. The third-order valence-corrected chi connectivity index (χ3v) is 25.0. The number of para-hydroxylation sites is 2. The SMILES string of the molecule is C=c1cc2c(c(=O)[nH]1)=Nc1cc(C)c(C)cc1N2CCCc1ccccc1.C=c1nc2c(c(=O)[nH]1)=Nc1cc(C)c(C)cc1N2CC(C)Cc1ccccc1.C=c1nc2c(c(=O)[nH]1)=Nc1ccc(C)cc1N2CCCc1ccccc1.C=c1nc2c(c(=O)[nH]1)=Nc1ccccc1N2CCCc1ccccc1.Cc1cc2nc3c(=O)[nH]c(=O)nc-3n(CCCc3ccc(C(C)(C)C)cc3)c2cc1C. The van der Waals surface area contributed by atoms with E-state index in [0.29, 0.717) is 79.0 Å². The van der Waals surface area contributed by atoms with Crippen molar-refractivity contribution < 1.29 is 0 Å². The highest BCUT2D eigenvalue weighted by Crippen LogP contribution is 2.41. The number of aryl methyl sites for hydroxylation is 12. The van der Waals surface area contributed by atoms with Crippen molar-refractivity contribution in [2.24, 2.45) is 25.9 Å². The second-order valence-corrected chi connectivity index (χ2v) is 36.6. The first kappa shape index (κ1) is 94.2. The Morgan fingerprint density at radius 3 is 1.28 bits per heavy atom. The van der Waals surface area contributed by atoms with Crippen molar-refractivity contribution >= 4 is 106 Å². The summed E-state index contributed by atoms with van der Waals surface area (Å²) in [4.78, 5) is 136. The van der Waals surface area contributed by atoms with Gasteiger partial charge in [0.1, 0.15) is 16.4 Å². The third-order valence-electron chi connectivity index (χ3n) is 25.0. The minimum absolute atomic E-state index is 0.133. The zero-order chi connectivity index (χ0) is 96.5. The lowest BCUT2D eigenvalue weighted by Gasteiger charge is -2.31. The maximum atomic E-state index is 12.5. The summed E-state index contributed by atoms with van der Waals surface area (Å²) < 4.78 is 1.96. The molecule has 6 aliphatic rings. The van der Waals surface area contributed by atoms with Gasteiger partial charge in [-0.25, -0.2) is 44.7 Å². The lowest BCUT2D eigenvalue weighted by atomic mass is 9.86. The van der Waals surface area contributed by atoms with Crippen molar-refractivity contribution in [2.75, 3.05) is 45.8 Å². The van der Waals surface area contributed by atoms with E-state index in [1.807, 2.05) is 97.3 Å². The number of aromatic nitrogens is 11. The van der Waals surface area contributed by atoms with Crippen LogP contribution in [0.15, 0.2) is 279 Å². The van der Waals surface area contributed by atoms with Crippen LogP contribution in [-0.2, 0) is 44.1 Å². The number of anilines is 8. The summed E-state index contributed by atoms with van der Waals surface area (Å²) >= 11 is 0. The van der Waals surface area contributed by atoms with Crippen molar-refractivity contribution in [3.05, 3.63) is 408 Å². The van der Waals surface area contributed by atoms with Gasteiger partial charge in [0.25, 0.3) is 27.8 Å². The van der Waals surface area contributed by atoms with E-state index in [1.54, 1.807) is 0 Å². The highest BCUT2D eigenvalue weighted by Gasteiger charge is 2.30. The average Bonchev–Trinajstić information content (AvgIpc) is 0.778. The minimum Gasteiger partial charge on any atom is -0.338 e. The molecule has 137 heavy (non-hydrogen) atoms. The number of pyridine rings is 1. The first-order valence-electron chi connectivity index (χ1n) is 46.5. The standard InChI is InChI=1S/C25H28N4O2.C23H24N4O.C23H23N3O.C21H20N4O.C20H18N4O/c1-15-13-19-20(14-16(15)2)29(22-21(26-19)23(30)28-24(31)27-22)12-6-7-17-8-10-18(11-9-17)25(3,4)5;1-14(10-18-8-6-5-7-9-18)13-27-20-12-16(3)15(2)11-19(20)26-21-22(27)24-17(4)25-23(21)28;1-15-12-19-20(13-16(15)2)26(11-7-10-18-8-5-4-6-9-18)21-14-17(3)24-23(27)22(21)25-19;1-14-10-11-17-18(13-14)25(12-6-9-16-7-4-3-5-8-16)20-19(24-17)21(26)23-15(2)22-20;1-14-21-19-18(20(25)22-14)23-16-11-5-6-12-17(16)24(19)13-7-10-15-8-3-2-4-9-15/h8-11,13-14H,6-7,12H2,1-5H3,(H,28,30,31);5-9,11-12,14H,4,10,13H2,1-3H3,(H,25,28);4-6,8-9,12-14H,3,7,10-11H2,1-2H3,(H,24,27);3-5,7-8,10-11,13H,2,6,9,12H2,1H3,(H,23,26);2-6,8-9,11-12H,1,7,10,13H2,(H,22,25). The van der Waals surface area contributed by atoms with E-state index < -0.39 is 11.2 Å². The quantitative estimate of drug-likeness (QED) is 0.0443. The number of nitrogens with zero attached hydrogens (tertiary/aromatic N) is 14. The summed E-state index contributed by atoms with van der Waals surface area (Å²) in [6, 6.07) is 78.7. The molecule has 0 aliphatic carbocycles. The van der Waals surface area contributed by atoms with E-state index in [1.165, 1.54) is 50.1 Å². The molecule has 25 nitrogen and oxygen atoms in total. The monoisotopic (exact) mass is 1820 g/mol. The number of H-pyrrole nitrogens is 5. The summed E-state index contributed by atoms with van der Waals surface area (Å²) in [6.07, 6.45) is 8.47. The highest BCUT2D eigenvalue weighted by molar-refractivity contribution is 5.83. The fraction of sp³-hybridized carbons (Fsp3) is 0.241. The molecule has 0 saturated heterocycles. The molecule has 692 valence electrons. The lowest BCUT2D eigenvalue weighted by Crippen LogP contribution is -2.43. The van der Waals surface area contributed by atoms with Gasteiger partial charge in [-0.05, 0) is 257 Å². The predicted octanol–water partition coefficient (Wildman–Crippen LogP) is 15.4. The number of benzene rings is 10. The molecule has 10 heterocycles. The van der Waals surface area contributed by atoms with Crippen LogP contribution in [0.25, 0.3) is 48.9 Å². The van der Waals surface area contributed by atoms with E-state index in [2.05, 4.69) is 330 Å². The van der Waals surface area contributed by atoms with Crippen molar-refractivity contribution in [1.82, 2.24) is 54.4 Å². The summed E-state index contributed by atoms with van der Waals surface area (Å²) in [5.74, 6) is 2.46. The van der Waals surface area contributed by atoms with Gasteiger partial charge in [-0.1, -0.05) is 218 Å². The highest BCUT2D eigenvalue weighted by atomic mass is 16.2. The van der Waals surface area contributed by atoms with Crippen LogP contribution in [0.3, 0.4) is 0 Å². The van der Waals surface area contributed by atoms with Gasteiger partial charge in [0, 0.05) is 38.1 Å². The Morgan fingerprint density at radius 1 is 0.343 bits per heavy atom. The maximum absolute atomic E-state index is 12.5. The molecule has 14 aromatic rings. The zero-order valence-electron chi connectivity index (χ0n) is 79.5. The Morgan fingerprint density at radius 2 is 0.752 bits per heavy atom. The molecule has 0 spiro atoms. The van der Waals surface area contributed by atoms with Gasteiger partial charge < -0.3 is 44.1 Å². The normalized spacial score (nSPS) is 12.5. The third kappa shape index (κ3) is 21.9. The fourth-order valence-corrected chi connectivity index (χ4v) is 17.6. The number of aromatic amines is 5. The second-order valence-electron chi connectivity index (χ2n) is 36.6. The van der Waals surface area contributed by atoms with Gasteiger partial charge in [0.2, 0.25) is 0 Å². The lowest BCUT2D eigenvalue weighted by molar-refractivity contribution is 0.580. The molecule has 6 aliphatic heterocycles. The summed E-state index contributed by atoms with van der Waals surface area (Å²) in [6.45, 7) is 42.3. The molecule has 0 radical (unpaired) electrons. The maximum Gasteiger partial charge on any atom is 0.349 e. The Labute approximate surface area is 793 Å². The van der Waals surface area contributed by atoms with Crippen LogP contribution in [-0.4, -0.2) is 80.6 Å². The van der Waals surface area contributed by atoms with Crippen LogP contribution in [0.5, 0.6) is 0 Å². The van der Waals surface area contributed by atoms with Crippen molar-refractivity contribution in [3.8, 4) is 11.5 Å². The molecule has 4 aromatic heterocycles. The smallest absolute Gasteiger partial charge is 0.338 e. The molecule has 0 fully saturated rings. The van der Waals surface area contributed by atoms with Gasteiger partial charge in [-0.3, -0.25) is 29.0 Å². The van der Waals surface area contributed by atoms with Crippen LogP contribution >= 0.6 is 0 Å². The second kappa shape index (κ2) is 41.2. The Balaban J connectivity index is 0.000000124. The zero-order valence-corrected chi connectivity index (χ0v) is 79.5. The first-order chi connectivity index (χ1) is 65.9. The minimum atomic E-state index is -0.644. The van der Waals surface area contributed by atoms with Crippen molar-refractivity contribution in [1.29, 1.82) is 0 Å². The molecule has 0 bridgehead atoms. The first-order valence-corrected chi connectivity index (χ1v) is 46.5. The summed E-state index contributed by atoms with van der Waals surface area (Å²) in [7, 11) is 0. The van der Waals surface area contributed by atoms with Crippen LogP contribution in [0.4, 0.5) is 68.6 Å². The van der Waals surface area contributed by atoms with Crippen molar-refractivity contribution in [3.63, 3.8) is 0 Å². The van der Waals surface area contributed by atoms with E-state index in [4.69, 9.17) is 0 Å². The van der Waals surface area contributed by atoms with Crippen LogP contribution in [0, 0.1) is 54.4 Å². The topological polar surface area (TPSA) is 313 Å². The van der Waals surface area contributed by atoms with E-state index in [9.17, 15) is 28.8 Å². The van der Waals surface area contributed by atoms with Crippen LogP contribution in [0.1, 0.15) is 126 Å². The van der Waals surface area contributed by atoms with Crippen molar-refractivity contribution in [2.45, 2.75) is 146 Å². The fourth-order valence-electron chi connectivity index (χ4n) is 17.6. The summed E-state index contributed by atoms with van der Waals surface area (Å²) in [5, 5.41) is 2.14. The number of rotatable bonds is 20. The molecule has 0 amide bonds. The number of hydrogen-bond donors (Lipinski definition) is 5. The van der Waals surface area contributed by atoms with Gasteiger partial charge in [0.15, 0.2) is 50.4 Å². The molecular weight excluding hydrogens is 1710 g/mol. The van der Waals surface area contributed by atoms with Gasteiger partial charge >= 0.3 is 5.69 Å². The van der Waals surface area contributed by atoms with Crippen LogP contribution in [0.2, 0.25) is 0 Å². The molecule has 25 heteroatoms. The molecule has 20 rings (SSSR count). The molecule has 0 saturated carbocycles. The average molecular weight is 1820 g/mol. The Kier molecular flexibility index (Phi) is 28.3. The molecule has 5 N–H and O–H groups in total. The Bertz CT molecular complexity index is 8100. The van der Waals surface area contributed by atoms with Crippen LogP contribution < -0.4 is 96.3 Å². The Hall–Kier alpha value is -16.1. The molecule has 1 atom stereocenters. The van der Waals surface area contributed by atoms with Gasteiger partial charge in [-0.15, -0.1) is 0 Å².